The first-order valence-corrected chi connectivity index (χ1v) is 45.7. The Balaban J connectivity index is 5.18. The molecule has 0 rings (SSSR count). The largest absolute Gasteiger partial charge is 0.472 e. The first-order valence-electron chi connectivity index (χ1n) is 42.7. The minimum Gasteiger partial charge on any atom is -0.462 e. The molecule has 3 unspecified atom stereocenters. The van der Waals surface area contributed by atoms with Gasteiger partial charge in [0.1, 0.15) is 19.3 Å². The first kappa shape index (κ1) is 100. The first-order chi connectivity index (χ1) is 49.1. The molecule has 102 heavy (non-hydrogen) atoms. The van der Waals surface area contributed by atoms with Crippen LogP contribution in [-0.4, -0.2) is 96.7 Å². The minimum atomic E-state index is -4.96. The van der Waals surface area contributed by atoms with E-state index in [-0.39, 0.29) is 25.7 Å². The van der Waals surface area contributed by atoms with Crippen LogP contribution in [0.1, 0.15) is 428 Å². The normalized spacial score (nSPS) is 14.3. The Hall–Kier alpha value is -1.94. The predicted octanol–water partition coefficient (Wildman–Crippen LogP) is 24.8. The van der Waals surface area contributed by atoms with Gasteiger partial charge >= 0.3 is 39.5 Å². The summed E-state index contributed by atoms with van der Waals surface area (Å²) in [7, 11) is -9.92. The number of phosphoric ester groups is 2. The molecule has 0 aliphatic rings. The van der Waals surface area contributed by atoms with Gasteiger partial charge in [-0.05, 0) is 49.4 Å². The molecule has 3 N–H and O–H groups in total. The summed E-state index contributed by atoms with van der Waals surface area (Å²) in [5.74, 6) is 0.953. The Bertz CT molecular complexity index is 1990. The smallest absolute Gasteiger partial charge is 0.462 e. The zero-order valence-corrected chi connectivity index (χ0v) is 69.0. The number of carbonyl (C=O) groups excluding carboxylic acids is 4. The van der Waals surface area contributed by atoms with E-state index in [1.54, 1.807) is 0 Å². The van der Waals surface area contributed by atoms with Crippen LogP contribution in [0, 0.1) is 23.7 Å². The molecule has 6 atom stereocenters. The Morgan fingerprint density at radius 3 is 0.696 bits per heavy atom. The van der Waals surface area contributed by atoms with E-state index in [2.05, 4.69) is 55.4 Å². The van der Waals surface area contributed by atoms with Gasteiger partial charge in [-0.3, -0.25) is 37.3 Å². The zero-order valence-electron chi connectivity index (χ0n) is 67.2. The van der Waals surface area contributed by atoms with Gasteiger partial charge in [0.05, 0.1) is 26.4 Å². The number of unbranched alkanes of at least 4 members (excludes halogenated alkanes) is 45. The van der Waals surface area contributed by atoms with Crippen LogP contribution >= 0.6 is 15.6 Å². The number of phosphoric acid groups is 2. The molecular formula is C83H162O17P2. The Morgan fingerprint density at radius 2 is 0.471 bits per heavy atom. The molecule has 0 radical (unpaired) electrons. The highest BCUT2D eigenvalue weighted by atomic mass is 31.2. The average Bonchev–Trinajstić information content (AvgIpc) is 0.914. The van der Waals surface area contributed by atoms with E-state index in [1.807, 2.05) is 0 Å². The van der Waals surface area contributed by atoms with E-state index >= 15 is 0 Å². The van der Waals surface area contributed by atoms with Crippen LogP contribution in [0.2, 0.25) is 0 Å². The second-order valence-corrected chi connectivity index (χ2v) is 34.4. The van der Waals surface area contributed by atoms with E-state index < -0.39 is 97.5 Å². The number of aliphatic hydroxyl groups excluding tert-OH is 1. The fraction of sp³-hybridized carbons (Fsp3) is 0.952. The van der Waals surface area contributed by atoms with Crippen molar-refractivity contribution in [2.45, 2.75) is 446 Å². The van der Waals surface area contributed by atoms with Gasteiger partial charge in [-0.25, -0.2) is 9.13 Å². The van der Waals surface area contributed by atoms with E-state index in [0.29, 0.717) is 31.6 Å². The summed E-state index contributed by atoms with van der Waals surface area (Å²) in [4.78, 5) is 73.0. The number of hydrogen-bond donors (Lipinski definition) is 3. The van der Waals surface area contributed by atoms with Crippen molar-refractivity contribution in [3.63, 3.8) is 0 Å². The average molecular weight is 1490 g/mol. The van der Waals surface area contributed by atoms with Crippen molar-refractivity contribution in [1.29, 1.82) is 0 Å². The van der Waals surface area contributed by atoms with E-state index in [4.69, 9.17) is 37.0 Å². The summed E-state index contributed by atoms with van der Waals surface area (Å²) in [5.41, 5.74) is 0. The molecule has 0 saturated carbocycles. The number of rotatable bonds is 80. The summed E-state index contributed by atoms with van der Waals surface area (Å²) < 4.78 is 68.7. The van der Waals surface area contributed by atoms with Crippen molar-refractivity contribution in [2.75, 3.05) is 39.6 Å². The van der Waals surface area contributed by atoms with Gasteiger partial charge in [0.15, 0.2) is 12.2 Å². The molecular weight excluding hydrogens is 1330 g/mol. The molecule has 0 aromatic carbocycles. The van der Waals surface area contributed by atoms with E-state index in [1.165, 1.54) is 225 Å². The lowest BCUT2D eigenvalue weighted by molar-refractivity contribution is -0.161. The summed E-state index contributed by atoms with van der Waals surface area (Å²) in [6, 6.07) is 0. The third kappa shape index (κ3) is 74.9. The third-order valence-electron chi connectivity index (χ3n) is 19.7. The van der Waals surface area contributed by atoms with Gasteiger partial charge in [0.25, 0.3) is 0 Å². The third-order valence-corrected chi connectivity index (χ3v) is 21.6. The van der Waals surface area contributed by atoms with Gasteiger partial charge in [0, 0.05) is 25.7 Å². The molecule has 0 heterocycles. The maximum Gasteiger partial charge on any atom is 0.472 e. The maximum absolute atomic E-state index is 13.1. The minimum absolute atomic E-state index is 0.102. The molecule has 19 heteroatoms. The number of esters is 4. The molecule has 0 aliphatic heterocycles. The molecule has 0 amide bonds. The second kappa shape index (κ2) is 72.0. The summed E-state index contributed by atoms with van der Waals surface area (Å²) >= 11 is 0. The standard InChI is InChI=1S/C83H162O17P2/c1-9-76(8)62-54-46-41-42-48-56-64-81(86)94-70-79(100-83(88)66-58-50-40-34-37-45-53-61-75(6)7)72-98-102(91,92)96-68-77(84)67-95-101(89,90)97-71-78(99-82(87)65-57-49-39-33-29-25-21-17-13-11-15-19-23-27-31-36-44-52-60-74(4)5)69-93-80(85)63-55-47-38-32-28-24-20-16-12-10-14-18-22-26-30-35-43-51-59-73(2)3/h73-79,84H,9-72H2,1-8H3,(H,89,90)(H,91,92)/t76?,77-,78-,79-/m1/s1. The molecule has 0 saturated heterocycles. The van der Waals surface area contributed by atoms with E-state index in [9.17, 15) is 43.2 Å². The number of aliphatic hydroxyl groups is 1. The Kier molecular flexibility index (Phi) is 70.6. The van der Waals surface area contributed by atoms with Gasteiger partial charge in [-0.2, -0.15) is 0 Å². The molecule has 0 aliphatic carbocycles. The Labute approximate surface area is 626 Å². The molecule has 606 valence electrons. The molecule has 0 bridgehead atoms. The van der Waals surface area contributed by atoms with Crippen LogP contribution in [0.25, 0.3) is 0 Å². The van der Waals surface area contributed by atoms with Crippen LogP contribution in [0.4, 0.5) is 0 Å². The summed E-state index contributed by atoms with van der Waals surface area (Å²) in [5, 5.41) is 10.6. The van der Waals surface area contributed by atoms with Crippen LogP contribution in [0.5, 0.6) is 0 Å². The summed E-state index contributed by atoms with van der Waals surface area (Å²) in [6.45, 7) is 14.2. The highest BCUT2D eigenvalue weighted by molar-refractivity contribution is 7.47. The van der Waals surface area contributed by atoms with Crippen LogP contribution in [0.15, 0.2) is 0 Å². The highest BCUT2D eigenvalue weighted by Crippen LogP contribution is 2.45. The number of carbonyl (C=O) groups is 4. The van der Waals surface area contributed by atoms with Crippen molar-refractivity contribution in [3.8, 4) is 0 Å². The monoisotopic (exact) mass is 1490 g/mol. The van der Waals surface area contributed by atoms with Crippen molar-refractivity contribution in [3.05, 3.63) is 0 Å². The van der Waals surface area contributed by atoms with Crippen LogP contribution in [0.3, 0.4) is 0 Å². The molecule has 0 aromatic heterocycles. The molecule has 0 aromatic rings. The predicted molar refractivity (Wildman–Crippen MR) is 418 cm³/mol. The van der Waals surface area contributed by atoms with Gasteiger partial charge in [-0.15, -0.1) is 0 Å². The lowest BCUT2D eigenvalue weighted by Crippen LogP contribution is -2.30. The van der Waals surface area contributed by atoms with Crippen LogP contribution in [-0.2, 0) is 65.4 Å². The topological polar surface area (TPSA) is 237 Å². The van der Waals surface area contributed by atoms with E-state index in [0.717, 1.165) is 114 Å². The zero-order chi connectivity index (χ0) is 75.3. The maximum atomic E-state index is 13.1. The van der Waals surface area contributed by atoms with Gasteiger partial charge < -0.3 is 33.8 Å². The SMILES string of the molecule is CCC(C)CCCCCCCCC(=O)OC[C@H](COP(=O)(O)OC[C@H](O)COP(=O)(O)OC[C@@H](COC(=O)CCCCCCCCCCCCCCCCCCCCC(C)C)OC(=O)CCCCCCCCCCCCCCCCCCCCC(C)C)OC(=O)CCCCCCCCCC(C)C. The number of ether oxygens (including phenoxy) is 4. The lowest BCUT2D eigenvalue weighted by atomic mass is 10.00. The molecule has 17 nitrogen and oxygen atoms in total. The van der Waals surface area contributed by atoms with Crippen molar-refractivity contribution < 1.29 is 80.2 Å². The van der Waals surface area contributed by atoms with Crippen LogP contribution < -0.4 is 0 Å². The lowest BCUT2D eigenvalue weighted by Gasteiger charge is -2.21. The van der Waals surface area contributed by atoms with Gasteiger partial charge in [0.2, 0.25) is 0 Å². The second-order valence-electron chi connectivity index (χ2n) is 31.5. The Morgan fingerprint density at radius 1 is 0.275 bits per heavy atom. The fourth-order valence-corrected chi connectivity index (χ4v) is 14.3. The van der Waals surface area contributed by atoms with Crippen molar-refractivity contribution in [2.24, 2.45) is 23.7 Å². The van der Waals surface area contributed by atoms with Crippen molar-refractivity contribution >= 4 is 39.5 Å². The summed E-state index contributed by atoms with van der Waals surface area (Å²) in [6.07, 6.45) is 60.1. The number of hydrogen-bond acceptors (Lipinski definition) is 15. The highest BCUT2D eigenvalue weighted by Gasteiger charge is 2.30. The fourth-order valence-electron chi connectivity index (χ4n) is 12.8. The van der Waals surface area contributed by atoms with Gasteiger partial charge in [-0.1, -0.05) is 376 Å². The quantitative estimate of drug-likeness (QED) is 0.0222. The van der Waals surface area contributed by atoms with Crippen molar-refractivity contribution in [1.82, 2.24) is 0 Å². The molecule has 0 fully saturated rings. The molecule has 0 spiro atoms.